The summed E-state index contributed by atoms with van der Waals surface area (Å²) in [5.74, 6) is 0.669. The summed E-state index contributed by atoms with van der Waals surface area (Å²) >= 11 is 0. The summed E-state index contributed by atoms with van der Waals surface area (Å²) < 4.78 is 4.72. The molecule has 0 N–H and O–H groups in total. The van der Waals surface area contributed by atoms with E-state index in [0.29, 0.717) is 5.95 Å². The monoisotopic (exact) mass is 802 g/mol. The number of nitrogens with zero attached hydrogens (tertiary/aromatic N) is 4. The van der Waals surface area contributed by atoms with E-state index in [4.69, 9.17) is 9.97 Å². The lowest BCUT2D eigenvalue weighted by molar-refractivity contribution is 0.657. The highest BCUT2D eigenvalue weighted by atomic mass is 15.2. The van der Waals surface area contributed by atoms with Crippen LogP contribution < -0.4 is 0 Å². The molecule has 63 heavy (non-hydrogen) atoms. The van der Waals surface area contributed by atoms with Gasteiger partial charge < -0.3 is 4.57 Å². The smallest absolute Gasteiger partial charge is 0.235 e. The maximum Gasteiger partial charge on any atom is 0.235 e. The Kier molecular flexibility index (Phi) is 6.87. The molecule has 10 aromatic carbocycles. The van der Waals surface area contributed by atoms with E-state index in [2.05, 4.69) is 217 Å². The van der Waals surface area contributed by atoms with E-state index >= 15 is 0 Å². The predicted octanol–water partition coefficient (Wildman–Crippen LogP) is 15.3. The first kappa shape index (κ1) is 34.6. The molecule has 1 aliphatic carbocycles. The molecule has 0 amide bonds. The molecule has 0 saturated heterocycles. The minimum Gasteiger partial charge on any atom is -0.309 e. The number of aromatic nitrogens is 4. The van der Waals surface area contributed by atoms with Gasteiger partial charge in [0.2, 0.25) is 5.95 Å². The molecule has 14 rings (SSSR count). The van der Waals surface area contributed by atoms with Crippen molar-refractivity contribution in [3.8, 4) is 34.2 Å². The second-order valence-electron chi connectivity index (χ2n) is 17.7. The lowest BCUT2D eigenvalue weighted by Gasteiger charge is -2.24. The van der Waals surface area contributed by atoms with E-state index in [1.165, 1.54) is 86.8 Å². The van der Waals surface area contributed by atoms with Gasteiger partial charge in [-0.2, -0.15) is 0 Å². The third-order valence-corrected chi connectivity index (χ3v) is 14.1. The zero-order valence-electron chi connectivity index (χ0n) is 34.8. The number of hydrogen-bond acceptors (Lipinski definition) is 2. The molecule has 0 aliphatic heterocycles. The van der Waals surface area contributed by atoms with Gasteiger partial charge in [-0.3, -0.25) is 4.57 Å². The minimum atomic E-state index is -0.333. The van der Waals surface area contributed by atoms with E-state index in [1.807, 2.05) is 0 Å². The van der Waals surface area contributed by atoms with E-state index < -0.39 is 0 Å². The molecule has 0 unspecified atom stereocenters. The number of rotatable bonds is 3. The SMILES string of the molecule is CC1(C)c2ccccc2-c2nc(-n3c4ccc5ccccc5c4c4c5c6ccccc6c6ccccc6c5ccc43)nc(-c3ccc4c(c3)c3ccccc3n4-c3ccccc3)c21. The van der Waals surface area contributed by atoms with Gasteiger partial charge in [-0.1, -0.05) is 166 Å². The minimum absolute atomic E-state index is 0.333. The molecule has 3 heterocycles. The van der Waals surface area contributed by atoms with Crippen LogP contribution in [0.1, 0.15) is 25.0 Å². The first-order chi connectivity index (χ1) is 31.0. The van der Waals surface area contributed by atoms with Crippen molar-refractivity contribution in [2.24, 2.45) is 0 Å². The van der Waals surface area contributed by atoms with Crippen LogP contribution >= 0.6 is 0 Å². The molecule has 3 aromatic heterocycles. The van der Waals surface area contributed by atoms with Crippen molar-refractivity contribution in [2.45, 2.75) is 19.3 Å². The number of benzene rings is 10. The van der Waals surface area contributed by atoms with Crippen molar-refractivity contribution in [2.75, 3.05) is 0 Å². The van der Waals surface area contributed by atoms with E-state index in [1.54, 1.807) is 0 Å². The van der Waals surface area contributed by atoms with Crippen LogP contribution in [0.4, 0.5) is 0 Å². The van der Waals surface area contributed by atoms with Crippen LogP contribution in [-0.4, -0.2) is 19.1 Å². The zero-order chi connectivity index (χ0) is 41.6. The molecule has 0 spiro atoms. The second kappa shape index (κ2) is 12.5. The largest absolute Gasteiger partial charge is 0.309 e. The molecular formula is C59H38N4. The topological polar surface area (TPSA) is 35.6 Å². The van der Waals surface area contributed by atoms with Crippen molar-refractivity contribution in [3.05, 3.63) is 205 Å². The molecule has 0 saturated carbocycles. The Morgan fingerprint density at radius 2 is 0.952 bits per heavy atom. The van der Waals surface area contributed by atoms with Crippen molar-refractivity contribution in [3.63, 3.8) is 0 Å². The third kappa shape index (κ3) is 4.59. The fraction of sp³-hybridized carbons (Fsp3) is 0.0508. The van der Waals surface area contributed by atoms with Crippen LogP contribution in [0.5, 0.6) is 0 Å². The van der Waals surface area contributed by atoms with Gasteiger partial charge >= 0.3 is 0 Å². The molecule has 4 nitrogen and oxygen atoms in total. The van der Waals surface area contributed by atoms with E-state index in [0.717, 1.165) is 39.2 Å². The first-order valence-corrected chi connectivity index (χ1v) is 21.8. The molecule has 1 aliphatic rings. The van der Waals surface area contributed by atoms with Crippen LogP contribution in [0.2, 0.25) is 0 Å². The second-order valence-corrected chi connectivity index (χ2v) is 17.7. The average molecular weight is 803 g/mol. The van der Waals surface area contributed by atoms with Gasteiger partial charge in [0.1, 0.15) is 0 Å². The number of hydrogen-bond donors (Lipinski definition) is 0. The molecule has 294 valence electrons. The molecule has 0 atom stereocenters. The van der Waals surface area contributed by atoms with Gasteiger partial charge in [-0.25, -0.2) is 9.97 Å². The van der Waals surface area contributed by atoms with Crippen molar-refractivity contribution in [1.82, 2.24) is 19.1 Å². The Morgan fingerprint density at radius 1 is 0.381 bits per heavy atom. The summed E-state index contributed by atoms with van der Waals surface area (Å²) in [6.45, 7) is 4.66. The standard InChI is InChI=1S/C59H38N4/c1-59(2)47-26-14-12-25-45(47)57-55(59)56(36-29-31-49-46(34-36)42-23-13-15-27-48(42)62(49)37-17-4-3-5-18-37)60-58(61-57)63-50-32-28-35-16-6-7-19-38(35)53(50)54-51(63)33-30-44-41-22-9-8-20-39(41)40-21-10-11-24-43(40)52(44)54/h3-34H,1-2H3. The zero-order valence-corrected chi connectivity index (χ0v) is 34.8. The van der Waals surface area contributed by atoms with Crippen molar-refractivity contribution in [1.29, 1.82) is 0 Å². The summed E-state index contributed by atoms with van der Waals surface area (Å²) in [6.07, 6.45) is 0. The van der Waals surface area contributed by atoms with Crippen LogP contribution in [0, 0.1) is 0 Å². The Bertz CT molecular complexity index is 4080. The van der Waals surface area contributed by atoms with Gasteiger partial charge in [0.15, 0.2) is 0 Å². The Hall–Kier alpha value is -8.08. The van der Waals surface area contributed by atoms with Crippen LogP contribution in [0.15, 0.2) is 194 Å². The molecule has 0 bridgehead atoms. The fourth-order valence-corrected chi connectivity index (χ4v) is 11.4. The Morgan fingerprint density at radius 3 is 1.76 bits per heavy atom. The van der Waals surface area contributed by atoms with E-state index in [9.17, 15) is 0 Å². The van der Waals surface area contributed by atoms with Crippen LogP contribution in [-0.2, 0) is 5.41 Å². The van der Waals surface area contributed by atoms with Gasteiger partial charge in [-0.05, 0) is 85.7 Å². The fourth-order valence-electron chi connectivity index (χ4n) is 11.4. The lowest BCUT2D eigenvalue weighted by atomic mass is 9.81. The quantitative estimate of drug-likeness (QED) is 0.167. The highest BCUT2D eigenvalue weighted by molar-refractivity contribution is 6.37. The summed E-state index contributed by atoms with van der Waals surface area (Å²) in [4.78, 5) is 11.5. The summed E-state index contributed by atoms with van der Waals surface area (Å²) in [5.41, 5.74) is 12.0. The van der Waals surface area contributed by atoms with Gasteiger partial charge in [-0.15, -0.1) is 0 Å². The maximum absolute atomic E-state index is 5.81. The maximum atomic E-state index is 5.81. The van der Waals surface area contributed by atoms with Gasteiger partial charge in [0, 0.05) is 54.7 Å². The molecule has 4 heteroatoms. The molecule has 0 fully saturated rings. The summed E-state index contributed by atoms with van der Waals surface area (Å²) in [5, 5.41) is 14.8. The Labute approximate surface area is 362 Å². The average Bonchev–Trinajstić information content (AvgIpc) is 3.94. The van der Waals surface area contributed by atoms with Crippen LogP contribution in [0.3, 0.4) is 0 Å². The molecule has 13 aromatic rings. The highest BCUT2D eigenvalue weighted by Gasteiger charge is 2.40. The normalized spacial score (nSPS) is 13.4. The number of fused-ring (bicyclic) bond motifs is 18. The summed E-state index contributed by atoms with van der Waals surface area (Å²) in [7, 11) is 0. The molecule has 0 radical (unpaired) electrons. The van der Waals surface area contributed by atoms with E-state index in [-0.39, 0.29) is 5.41 Å². The molecular weight excluding hydrogens is 765 g/mol. The predicted molar refractivity (Wildman–Crippen MR) is 264 cm³/mol. The van der Waals surface area contributed by atoms with Crippen molar-refractivity contribution >= 4 is 86.7 Å². The van der Waals surface area contributed by atoms with Gasteiger partial charge in [0.05, 0.1) is 33.5 Å². The number of para-hydroxylation sites is 2. The van der Waals surface area contributed by atoms with Gasteiger partial charge in [0.25, 0.3) is 0 Å². The third-order valence-electron chi connectivity index (χ3n) is 14.1. The lowest BCUT2D eigenvalue weighted by Crippen LogP contribution is -2.18. The van der Waals surface area contributed by atoms with Crippen molar-refractivity contribution < 1.29 is 0 Å². The highest BCUT2D eigenvalue weighted by Crippen LogP contribution is 2.52. The first-order valence-electron chi connectivity index (χ1n) is 21.8. The summed E-state index contributed by atoms with van der Waals surface area (Å²) in [6, 6.07) is 70.9. The Balaban J connectivity index is 1.13. The van der Waals surface area contributed by atoms with Crippen LogP contribution in [0.25, 0.3) is 121 Å².